The number of ether oxygens (including phenoxy) is 1. The largest absolute Gasteiger partial charge is 0.381 e. The van der Waals surface area contributed by atoms with Crippen LogP contribution in [0.2, 0.25) is 0 Å². The number of benzene rings is 1. The molecule has 2 heteroatoms. The molecule has 20 heavy (non-hydrogen) atoms. The summed E-state index contributed by atoms with van der Waals surface area (Å²) in [5.41, 5.74) is 4.20. The lowest BCUT2D eigenvalue weighted by Gasteiger charge is -2.28. The van der Waals surface area contributed by atoms with Crippen LogP contribution in [0.15, 0.2) is 18.2 Å². The Labute approximate surface area is 123 Å². The molecule has 1 aliphatic rings. The molecule has 112 valence electrons. The van der Waals surface area contributed by atoms with Crippen molar-refractivity contribution >= 4 is 0 Å². The van der Waals surface area contributed by atoms with Gasteiger partial charge in [0.25, 0.3) is 0 Å². The average Bonchev–Trinajstić information content (AvgIpc) is 2.43. The molecule has 1 saturated heterocycles. The second-order valence-corrected chi connectivity index (χ2v) is 6.22. The van der Waals surface area contributed by atoms with Crippen LogP contribution in [0.1, 0.15) is 55.3 Å². The van der Waals surface area contributed by atoms with Crippen LogP contribution < -0.4 is 5.32 Å². The SMILES string of the molecule is CCCNC(CC1CCOCC1)c1cc(C)cc(C)c1. The summed E-state index contributed by atoms with van der Waals surface area (Å²) < 4.78 is 5.49. The molecule has 0 bridgehead atoms. The first kappa shape index (κ1) is 15.5. The zero-order valence-electron chi connectivity index (χ0n) is 13.2. The highest BCUT2D eigenvalue weighted by Crippen LogP contribution is 2.28. The molecule has 1 atom stereocenters. The van der Waals surface area contributed by atoms with Crippen LogP contribution >= 0.6 is 0 Å². The number of rotatable bonds is 6. The van der Waals surface area contributed by atoms with Gasteiger partial charge in [-0.2, -0.15) is 0 Å². The molecule has 0 amide bonds. The molecule has 0 aliphatic carbocycles. The maximum Gasteiger partial charge on any atom is 0.0468 e. The second kappa shape index (κ2) is 7.80. The van der Waals surface area contributed by atoms with E-state index < -0.39 is 0 Å². The van der Waals surface area contributed by atoms with Crippen molar-refractivity contribution in [2.45, 2.75) is 52.5 Å². The van der Waals surface area contributed by atoms with Crippen LogP contribution in [0.3, 0.4) is 0 Å². The molecule has 1 N–H and O–H groups in total. The van der Waals surface area contributed by atoms with E-state index in [4.69, 9.17) is 4.74 Å². The molecular weight excluding hydrogens is 246 g/mol. The van der Waals surface area contributed by atoms with E-state index >= 15 is 0 Å². The molecule has 0 aromatic heterocycles. The van der Waals surface area contributed by atoms with Crippen molar-refractivity contribution < 1.29 is 4.74 Å². The van der Waals surface area contributed by atoms with Crippen molar-refractivity contribution in [3.8, 4) is 0 Å². The number of aryl methyl sites for hydroxylation is 2. The van der Waals surface area contributed by atoms with E-state index in [9.17, 15) is 0 Å². The molecule has 1 unspecified atom stereocenters. The van der Waals surface area contributed by atoms with Crippen LogP contribution in [-0.4, -0.2) is 19.8 Å². The minimum absolute atomic E-state index is 0.497. The van der Waals surface area contributed by atoms with E-state index in [2.05, 4.69) is 44.3 Å². The lowest BCUT2D eigenvalue weighted by molar-refractivity contribution is 0.0605. The van der Waals surface area contributed by atoms with Crippen molar-refractivity contribution in [3.05, 3.63) is 34.9 Å². The van der Waals surface area contributed by atoms with Gasteiger partial charge in [-0.25, -0.2) is 0 Å². The summed E-state index contributed by atoms with van der Waals surface area (Å²) in [4.78, 5) is 0. The minimum atomic E-state index is 0.497. The monoisotopic (exact) mass is 275 g/mol. The molecule has 2 rings (SSSR count). The third-order valence-electron chi connectivity index (χ3n) is 4.20. The van der Waals surface area contributed by atoms with Crippen molar-refractivity contribution in [2.75, 3.05) is 19.8 Å². The Balaban J connectivity index is 2.08. The van der Waals surface area contributed by atoms with E-state index in [0.29, 0.717) is 6.04 Å². The van der Waals surface area contributed by atoms with Gasteiger partial charge in [0, 0.05) is 19.3 Å². The van der Waals surface area contributed by atoms with Gasteiger partial charge in [0.2, 0.25) is 0 Å². The van der Waals surface area contributed by atoms with Gasteiger partial charge in [-0.15, -0.1) is 0 Å². The van der Waals surface area contributed by atoms with Gasteiger partial charge in [0.15, 0.2) is 0 Å². The maximum atomic E-state index is 5.49. The molecule has 0 saturated carbocycles. The number of nitrogens with one attached hydrogen (secondary N) is 1. The molecule has 1 heterocycles. The summed E-state index contributed by atoms with van der Waals surface area (Å²) in [6.45, 7) is 9.61. The Morgan fingerprint density at radius 3 is 2.40 bits per heavy atom. The summed E-state index contributed by atoms with van der Waals surface area (Å²) in [7, 11) is 0. The molecule has 2 nitrogen and oxygen atoms in total. The van der Waals surface area contributed by atoms with E-state index in [1.165, 1.54) is 42.4 Å². The zero-order chi connectivity index (χ0) is 14.4. The third-order valence-corrected chi connectivity index (χ3v) is 4.20. The molecular formula is C18H29NO. The lowest BCUT2D eigenvalue weighted by atomic mass is 9.88. The van der Waals surface area contributed by atoms with Gasteiger partial charge in [-0.1, -0.05) is 36.2 Å². The fourth-order valence-electron chi connectivity index (χ4n) is 3.18. The summed E-state index contributed by atoms with van der Waals surface area (Å²) in [6.07, 6.45) is 4.87. The average molecular weight is 275 g/mol. The predicted octanol–water partition coefficient (Wildman–Crippen LogP) is 4.16. The van der Waals surface area contributed by atoms with Gasteiger partial charge in [-0.05, 0) is 57.6 Å². The summed E-state index contributed by atoms with van der Waals surface area (Å²) in [5, 5.41) is 3.75. The minimum Gasteiger partial charge on any atom is -0.381 e. The van der Waals surface area contributed by atoms with Gasteiger partial charge in [0.1, 0.15) is 0 Å². The van der Waals surface area contributed by atoms with E-state index in [1.54, 1.807) is 0 Å². The van der Waals surface area contributed by atoms with Crippen molar-refractivity contribution in [1.29, 1.82) is 0 Å². The highest BCUT2D eigenvalue weighted by molar-refractivity contribution is 5.30. The Bertz CT molecular complexity index is 390. The van der Waals surface area contributed by atoms with E-state index in [-0.39, 0.29) is 0 Å². The van der Waals surface area contributed by atoms with Crippen LogP contribution in [0, 0.1) is 19.8 Å². The van der Waals surface area contributed by atoms with Crippen molar-refractivity contribution in [2.24, 2.45) is 5.92 Å². The Kier molecular flexibility index (Phi) is 6.06. The summed E-state index contributed by atoms with van der Waals surface area (Å²) in [6, 6.07) is 7.45. The molecule has 1 fully saturated rings. The fraction of sp³-hybridized carbons (Fsp3) is 0.667. The first-order valence-electron chi connectivity index (χ1n) is 8.08. The Hall–Kier alpha value is -0.860. The Morgan fingerprint density at radius 2 is 1.80 bits per heavy atom. The first-order chi connectivity index (χ1) is 9.69. The molecule has 1 aliphatic heterocycles. The predicted molar refractivity (Wildman–Crippen MR) is 85.1 cm³/mol. The van der Waals surface area contributed by atoms with Crippen LogP contribution in [0.4, 0.5) is 0 Å². The Morgan fingerprint density at radius 1 is 1.15 bits per heavy atom. The van der Waals surface area contributed by atoms with Gasteiger partial charge < -0.3 is 10.1 Å². The van der Waals surface area contributed by atoms with Crippen LogP contribution in [-0.2, 0) is 4.74 Å². The smallest absolute Gasteiger partial charge is 0.0468 e. The zero-order valence-corrected chi connectivity index (χ0v) is 13.2. The number of hydrogen-bond acceptors (Lipinski definition) is 2. The molecule has 0 radical (unpaired) electrons. The van der Waals surface area contributed by atoms with Gasteiger partial charge >= 0.3 is 0 Å². The van der Waals surface area contributed by atoms with Crippen molar-refractivity contribution in [1.82, 2.24) is 5.32 Å². The topological polar surface area (TPSA) is 21.3 Å². The standard InChI is InChI=1S/C18H29NO/c1-4-7-19-18(13-16-5-8-20-9-6-16)17-11-14(2)10-15(3)12-17/h10-12,16,18-19H,4-9,13H2,1-3H3. The number of hydrogen-bond donors (Lipinski definition) is 1. The second-order valence-electron chi connectivity index (χ2n) is 6.22. The van der Waals surface area contributed by atoms with Gasteiger partial charge in [0.05, 0.1) is 0 Å². The first-order valence-corrected chi connectivity index (χ1v) is 8.08. The van der Waals surface area contributed by atoms with Crippen LogP contribution in [0.25, 0.3) is 0 Å². The normalized spacial score (nSPS) is 18.1. The third kappa shape index (κ3) is 4.60. The molecule has 1 aromatic rings. The summed E-state index contributed by atoms with van der Waals surface area (Å²) in [5.74, 6) is 0.805. The maximum absolute atomic E-state index is 5.49. The summed E-state index contributed by atoms with van der Waals surface area (Å²) >= 11 is 0. The van der Waals surface area contributed by atoms with E-state index in [1.807, 2.05) is 0 Å². The van der Waals surface area contributed by atoms with Crippen LogP contribution in [0.5, 0.6) is 0 Å². The van der Waals surface area contributed by atoms with Gasteiger partial charge in [-0.3, -0.25) is 0 Å². The lowest BCUT2D eigenvalue weighted by Crippen LogP contribution is -2.27. The highest BCUT2D eigenvalue weighted by Gasteiger charge is 2.20. The molecule has 0 spiro atoms. The van der Waals surface area contributed by atoms with E-state index in [0.717, 1.165) is 25.7 Å². The highest BCUT2D eigenvalue weighted by atomic mass is 16.5. The fourth-order valence-corrected chi connectivity index (χ4v) is 3.18. The molecule has 1 aromatic carbocycles. The quantitative estimate of drug-likeness (QED) is 0.841. The van der Waals surface area contributed by atoms with Crippen molar-refractivity contribution in [3.63, 3.8) is 0 Å².